The topological polar surface area (TPSA) is 43.6 Å². The Morgan fingerprint density at radius 1 is 1.65 bits per heavy atom. The van der Waals surface area contributed by atoms with Crippen molar-refractivity contribution >= 4 is 39.0 Å². The summed E-state index contributed by atoms with van der Waals surface area (Å²) in [6.45, 7) is 3.83. The van der Waals surface area contributed by atoms with Crippen molar-refractivity contribution in [3.8, 4) is 0 Å². The van der Waals surface area contributed by atoms with E-state index in [0.717, 1.165) is 4.47 Å². The first-order chi connectivity index (χ1) is 8.06. The van der Waals surface area contributed by atoms with E-state index < -0.39 is 5.97 Å². The first kappa shape index (κ1) is 12.4. The van der Waals surface area contributed by atoms with Crippen LogP contribution in [0, 0.1) is 6.92 Å². The van der Waals surface area contributed by atoms with Gasteiger partial charge in [-0.1, -0.05) is 11.6 Å². The van der Waals surface area contributed by atoms with Gasteiger partial charge >= 0.3 is 5.97 Å². The average molecular weight is 318 g/mol. The predicted molar refractivity (Wildman–Crippen MR) is 68.6 cm³/mol. The van der Waals surface area contributed by atoms with Gasteiger partial charge in [-0.05, 0) is 35.8 Å². The molecule has 0 aliphatic heterocycles. The molecular weight excluding hydrogens is 307 g/mol. The summed E-state index contributed by atoms with van der Waals surface area (Å²) in [5.41, 5.74) is 1.58. The van der Waals surface area contributed by atoms with Crippen molar-refractivity contribution in [2.45, 2.75) is 13.8 Å². The van der Waals surface area contributed by atoms with E-state index in [2.05, 4.69) is 21.0 Å². The zero-order valence-electron chi connectivity index (χ0n) is 9.33. The summed E-state index contributed by atoms with van der Waals surface area (Å²) in [4.78, 5) is 11.9. The van der Waals surface area contributed by atoms with Gasteiger partial charge in [0.1, 0.15) is 11.1 Å². The SMILES string of the molecule is CCOC(=O)c1c(C)nn2ccc(Br)c(Cl)c12. The van der Waals surface area contributed by atoms with Crippen LogP contribution in [0.5, 0.6) is 0 Å². The zero-order chi connectivity index (χ0) is 12.6. The number of nitrogens with zero attached hydrogens (tertiary/aromatic N) is 2. The molecule has 2 heterocycles. The minimum atomic E-state index is -0.403. The zero-order valence-corrected chi connectivity index (χ0v) is 11.7. The van der Waals surface area contributed by atoms with Gasteiger partial charge in [-0.15, -0.1) is 0 Å². The highest BCUT2D eigenvalue weighted by Crippen LogP contribution is 2.30. The van der Waals surface area contributed by atoms with E-state index >= 15 is 0 Å². The fourth-order valence-electron chi connectivity index (χ4n) is 1.64. The molecule has 0 aliphatic rings. The Labute approximate surface area is 112 Å². The number of hydrogen-bond acceptors (Lipinski definition) is 3. The number of rotatable bonds is 2. The number of carbonyl (C=O) groups excluding carboxylic acids is 1. The van der Waals surface area contributed by atoms with E-state index in [4.69, 9.17) is 16.3 Å². The molecule has 0 spiro atoms. The normalized spacial score (nSPS) is 10.8. The lowest BCUT2D eigenvalue weighted by Crippen LogP contribution is -2.06. The number of hydrogen-bond donors (Lipinski definition) is 0. The van der Waals surface area contributed by atoms with Gasteiger partial charge in [-0.25, -0.2) is 9.31 Å². The van der Waals surface area contributed by atoms with Crippen molar-refractivity contribution in [1.29, 1.82) is 0 Å². The molecule has 0 fully saturated rings. The summed E-state index contributed by atoms with van der Waals surface area (Å²) in [5.74, 6) is -0.403. The van der Waals surface area contributed by atoms with Crippen molar-refractivity contribution < 1.29 is 9.53 Å². The van der Waals surface area contributed by atoms with Gasteiger partial charge < -0.3 is 4.74 Å². The molecule has 0 aromatic carbocycles. The third-order valence-corrected chi connectivity index (χ3v) is 3.62. The highest BCUT2D eigenvalue weighted by atomic mass is 79.9. The van der Waals surface area contributed by atoms with Crippen LogP contribution in [0.25, 0.3) is 5.52 Å². The molecule has 0 unspecified atom stereocenters. The van der Waals surface area contributed by atoms with Crippen LogP contribution in [0.15, 0.2) is 16.7 Å². The minimum Gasteiger partial charge on any atom is -0.462 e. The summed E-state index contributed by atoms with van der Waals surface area (Å²) in [7, 11) is 0. The van der Waals surface area contributed by atoms with Gasteiger partial charge in [-0.3, -0.25) is 0 Å². The molecule has 0 saturated carbocycles. The van der Waals surface area contributed by atoms with Crippen molar-refractivity contribution in [3.63, 3.8) is 0 Å². The average Bonchev–Trinajstić information content (AvgIpc) is 2.61. The molecule has 90 valence electrons. The van der Waals surface area contributed by atoms with Crippen molar-refractivity contribution in [1.82, 2.24) is 9.61 Å². The van der Waals surface area contributed by atoms with Crippen LogP contribution >= 0.6 is 27.5 Å². The first-order valence-electron chi connectivity index (χ1n) is 5.06. The lowest BCUT2D eigenvalue weighted by atomic mass is 10.2. The van der Waals surface area contributed by atoms with E-state index in [1.807, 2.05) is 0 Å². The number of pyridine rings is 1. The number of carbonyl (C=O) groups is 1. The van der Waals surface area contributed by atoms with Crippen molar-refractivity contribution in [2.24, 2.45) is 0 Å². The molecule has 0 saturated heterocycles. The van der Waals surface area contributed by atoms with Crippen molar-refractivity contribution in [3.05, 3.63) is 33.0 Å². The second kappa shape index (κ2) is 4.66. The summed E-state index contributed by atoms with van der Waals surface area (Å²) in [6, 6.07) is 1.77. The maximum absolute atomic E-state index is 11.9. The molecule has 4 nitrogen and oxygen atoms in total. The molecule has 0 bridgehead atoms. The summed E-state index contributed by atoms with van der Waals surface area (Å²) in [6.07, 6.45) is 1.74. The van der Waals surface area contributed by atoms with Crippen LogP contribution in [-0.2, 0) is 4.74 Å². The highest BCUT2D eigenvalue weighted by Gasteiger charge is 2.21. The standard InChI is InChI=1S/C11H10BrClN2O2/c1-3-17-11(16)8-6(2)14-15-5-4-7(12)9(13)10(8)15/h4-5H,3H2,1-2H3. The molecule has 0 radical (unpaired) electrons. The van der Waals surface area contributed by atoms with E-state index in [1.54, 1.807) is 30.6 Å². The van der Waals surface area contributed by atoms with Gasteiger partial charge in [0, 0.05) is 10.7 Å². The Morgan fingerprint density at radius 3 is 3.00 bits per heavy atom. The molecule has 0 N–H and O–H groups in total. The molecule has 2 aromatic rings. The highest BCUT2D eigenvalue weighted by molar-refractivity contribution is 9.10. The monoisotopic (exact) mass is 316 g/mol. The largest absolute Gasteiger partial charge is 0.462 e. The lowest BCUT2D eigenvalue weighted by Gasteiger charge is -2.03. The predicted octanol–water partition coefficient (Wildman–Crippen LogP) is 3.24. The van der Waals surface area contributed by atoms with E-state index in [9.17, 15) is 4.79 Å². The maximum Gasteiger partial charge on any atom is 0.342 e. The van der Waals surface area contributed by atoms with Crippen molar-refractivity contribution in [2.75, 3.05) is 6.61 Å². The quantitative estimate of drug-likeness (QED) is 0.799. The van der Waals surface area contributed by atoms with Crippen LogP contribution < -0.4 is 0 Å². The molecule has 0 amide bonds. The van der Waals surface area contributed by atoms with E-state index in [-0.39, 0.29) is 0 Å². The second-order valence-corrected chi connectivity index (χ2v) is 4.68. The Hall–Kier alpha value is -1.07. The van der Waals surface area contributed by atoms with Crippen LogP contribution in [0.1, 0.15) is 23.0 Å². The number of esters is 1. The van der Waals surface area contributed by atoms with E-state index in [1.165, 1.54) is 0 Å². The fourth-order valence-corrected chi connectivity index (χ4v) is 2.19. The molecule has 0 atom stereocenters. The van der Waals surface area contributed by atoms with Crippen LogP contribution in [0.4, 0.5) is 0 Å². The summed E-state index contributed by atoms with van der Waals surface area (Å²) in [5, 5.41) is 4.68. The van der Waals surface area contributed by atoms with Crippen LogP contribution in [0.3, 0.4) is 0 Å². The number of ether oxygens (including phenoxy) is 1. The smallest absolute Gasteiger partial charge is 0.342 e. The third kappa shape index (κ3) is 2.05. The first-order valence-corrected chi connectivity index (χ1v) is 6.23. The molecule has 0 aliphatic carbocycles. The number of aromatic nitrogens is 2. The summed E-state index contributed by atoms with van der Waals surface area (Å²) >= 11 is 9.50. The number of fused-ring (bicyclic) bond motifs is 1. The minimum absolute atomic E-state index is 0.321. The fraction of sp³-hybridized carbons (Fsp3) is 0.273. The van der Waals surface area contributed by atoms with Gasteiger partial charge in [0.2, 0.25) is 0 Å². The Kier molecular flexibility index (Phi) is 3.40. The Bertz CT molecular complexity index is 595. The lowest BCUT2D eigenvalue weighted by molar-refractivity contribution is 0.0528. The van der Waals surface area contributed by atoms with E-state index in [0.29, 0.717) is 28.4 Å². The van der Waals surface area contributed by atoms with Gasteiger partial charge in [-0.2, -0.15) is 5.10 Å². The molecule has 17 heavy (non-hydrogen) atoms. The maximum atomic E-state index is 11.9. The van der Waals surface area contributed by atoms with Gasteiger partial charge in [0.25, 0.3) is 0 Å². The van der Waals surface area contributed by atoms with Gasteiger partial charge in [0.15, 0.2) is 0 Å². The molecule has 6 heteroatoms. The number of halogens is 2. The molecule has 2 aromatic heterocycles. The van der Waals surface area contributed by atoms with Gasteiger partial charge in [0.05, 0.1) is 17.3 Å². The number of aryl methyl sites for hydroxylation is 1. The Balaban J connectivity index is 2.73. The van der Waals surface area contributed by atoms with Crippen LogP contribution in [-0.4, -0.2) is 22.2 Å². The Morgan fingerprint density at radius 2 is 2.35 bits per heavy atom. The third-order valence-electron chi connectivity index (χ3n) is 2.34. The second-order valence-electron chi connectivity index (χ2n) is 3.45. The molecular formula is C11H10BrClN2O2. The molecule has 2 rings (SSSR count). The summed E-state index contributed by atoms with van der Waals surface area (Å²) < 4.78 is 7.30. The van der Waals surface area contributed by atoms with Crippen LogP contribution in [0.2, 0.25) is 5.02 Å².